The van der Waals surface area contributed by atoms with E-state index in [4.69, 9.17) is 28.4 Å². The van der Waals surface area contributed by atoms with Crippen molar-refractivity contribution in [3.05, 3.63) is 59.7 Å². The molecule has 1 heterocycles. The molecule has 0 spiro atoms. The van der Waals surface area contributed by atoms with Crippen LogP contribution in [0.5, 0.6) is 11.5 Å². The van der Waals surface area contributed by atoms with Gasteiger partial charge in [-0.1, -0.05) is 64.1 Å². The summed E-state index contributed by atoms with van der Waals surface area (Å²) in [6, 6.07) is 16.4. The zero-order valence-corrected chi connectivity index (χ0v) is 32.0. The van der Waals surface area contributed by atoms with Crippen LogP contribution < -0.4 is 14.9 Å². The molecule has 1 aliphatic heterocycles. The number of rotatable bonds is 19. The van der Waals surface area contributed by atoms with Gasteiger partial charge < -0.3 is 28.4 Å². The molecule has 276 valence electrons. The Morgan fingerprint density at radius 3 is 2.22 bits per heavy atom. The summed E-state index contributed by atoms with van der Waals surface area (Å²) in [5.41, 5.74) is 4.08. The molecule has 1 fully saturated rings. The number of hydrogen-bond acceptors (Lipinski definition) is 8. The van der Waals surface area contributed by atoms with Crippen LogP contribution in [0.25, 0.3) is 0 Å². The summed E-state index contributed by atoms with van der Waals surface area (Å²) in [4.78, 5) is 13.2. The van der Waals surface area contributed by atoms with Gasteiger partial charge in [0, 0.05) is 20.1 Å². The van der Waals surface area contributed by atoms with E-state index in [0.717, 1.165) is 42.7 Å². The van der Waals surface area contributed by atoms with Crippen LogP contribution in [-0.2, 0) is 32.0 Å². The minimum absolute atomic E-state index is 0.0907. The maximum atomic E-state index is 13.2. The minimum Gasteiger partial charge on any atom is -0.493 e. The van der Waals surface area contributed by atoms with E-state index in [1.807, 2.05) is 63.9 Å². The Hall–Kier alpha value is -2.85. The number of hydrazine groups is 1. The molecule has 0 unspecified atom stereocenters. The number of carbonyl (C=O) groups excluding carboxylic acids is 1. The normalized spacial score (nSPS) is 19.2. The van der Waals surface area contributed by atoms with Gasteiger partial charge in [0.1, 0.15) is 11.3 Å². The number of carbonyl (C=O) groups is 1. The summed E-state index contributed by atoms with van der Waals surface area (Å²) in [7, 11) is 3.37. The van der Waals surface area contributed by atoms with Crippen LogP contribution in [0.4, 0.5) is 4.79 Å². The number of nitrogens with one attached hydrogen (secondary N) is 1. The lowest BCUT2D eigenvalue weighted by Gasteiger charge is -2.36. The molecule has 2 aromatic rings. The van der Waals surface area contributed by atoms with Crippen LogP contribution >= 0.6 is 0 Å². The van der Waals surface area contributed by atoms with E-state index in [0.29, 0.717) is 44.2 Å². The average molecular weight is 685 g/mol. The van der Waals surface area contributed by atoms with Crippen LogP contribution in [-0.4, -0.2) is 68.6 Å². The highest BCUT2D eigenvalue weighted by molar-refractivity contribution is 5.67. The zero-order chi connectivity index (χ0) is 36.2. The van der Waals surface area contributed by atoms with Crippen LogP contribution in [0.3, 0.4) is 0 Å². The fraction of sp³-hybridized carbons (Fsp3) is 0.675. The Kier molecular flexibility index (Phi) is 15.7. The summed E-state index contributed by atoms with van der Waals surface area (Å²) in [6.45, 7) is 21.1. The van der Waals surface area contributed by atoms with Crippen molar-refractivity contribution in [1.82, 2.24) is 10.4 Å². The smallest absolute Gasteiger partial charge is 0.422 e. The Morgan fingerprint density at radius 1 is 0.918 bits per heavy atom. The van der Waals surface area contributed by atoms with Crippen molar-refractivity contribution in [3.63, 3.8) is 0 Å². The molecule has 1 saturated heterocycles. The van der Waals surface area contributed by atoms with Crippen molar-refractivity contribution in [1.29, 1.82) is 0 Å². The molecule has 1 amide bonds. The summed E-state index contributed by atoms with van der Waals surface area (Å²) in [5, 5.41) is 2.00. The molecule has 2 aromatic carbocycles. The first kappa shape index (κ1) is 40.6. The van der Waals surface area contributed by atoms with E-state index in [9.17, 15) is 4.79 Å². The quantitative estimate of drug-likeness (QED) is 0.148. The second kappa shape index (κ2) is 18.9. The molecule has 1 N–H and O–H groups in total. The highest BCUT2D eigenvalue weighted by Crippen LogP contribution is 2.40. The predicted molar refractivity (Wildman–Crippen MR) is 195 cm³/mol. The van der Waals surface area contributed by atoms with E-state index in [1.54, 1.807) is 14.2 Å². The number of nitrogens with zero attached hydrogens (tertiary/aromatic N) is 1. The number of methoxy groups -OCH3 is 2. The molecule has 9 heteroatoms. The highest BCUT2D eigenvalue weighted by Gasteiger charge is 2.50. The van der Waals surface area contributed by atoms with Gasteiger partial charge >= 0.3 is 6.09 Å². The lowest BCUT2D eigenvalue weighted by molar-refractivity contribution is -0.0993. The number of ether oxygens (including phenoxy) is 6. The van der Waals surface area contributed by atoms with Gasteiger partial charge in [-0.15, -0.1) is 0 Å². The molecule has 9 nitrogen and oxygen atoms in total. The van der Waals surface area contributed by atoms with Crippen molar-refractivity contribution < 1.29 is 33.2 Å². The van der Waals surface area contributed by atoms with E-state index in [-0.39, 0.29) is 18.1 Å². The van der Waals surface area contributed by atoms with Crippen LogP contribution in [0.1, 0.15) is 92.7 Å². The molecule has 0 aliphatic carbocycles. The summed E-state index contributed by atoms with van der Waals surface area (Å²) in [5.74, 6) is 2.79. The van der Waals surface area contributed by atoms with Gasteiger partial charge in [0.2, 0.25) is 0 Å². The van der Waals surface area contributed by atoms with Crippen molar-refractivity contribution in [2.24, 2.45) is 23.7 Å². The third-order valence-electron chi connectivity index (χ3n) is 9.28. The van der Waals surface area contributed by atoms with Gasteiger partial charge in [-0.3, -0.25) is 5.43 Å². The van der Waals surface area contributed by atoms with Gasteiger partial charge in [0.25, 0.3) is 0 Å². The summed E-state index contributed by atoms with van der Waals surface area (Å²) < 4.78 is 35.8. The molecule has 4 atom stereocenters. The molecule has 0 saturated carbocycles. The molecule has 3 rings (SSSR count). The van der Waals surface area contributed by atoms with E-state index in [1.165, 1.54) is 5.56 Å². The maximum absolute atomic E-state index is 13.2. The first-order chi connectivity index (χ1) is 23.1. The molecule has 1 aliphatic rings. The minimum atomic E-state index is -0.747. The van der Waals surface area contributed by atoms with Gasteiger partial charge in [-0.25, -0.2) is 4.79 Å². The van der Waals surface area contributed by atoms with Crippen molar-refractivity contribution in [3.8, 4) is 11.5 Å². The highest BCUT2D eigenvalue weighted by atomic mass is 16.6. The zero-order valence-electron chi connectivity index (χ0n) is 32.0. The predicted octanol–water partition coefficient (Wildman–Crippen LogP) is 8.44. The van der Waals surface area contributed by atoms with Gasteiger partial charge in [-0.05, 0) is 101 Å². The Bertz CT molecular complexity index is 1260. The van der Waals surface area contributed by atoms with Gasteiger partial charge in [0.15, 0.2) is 11.5 Å². The van der Waals surface area contributed by atoms with Crippen LogP contribution in [0.2, 0.25) is 0 Å². The van der Waals surface area contributed by atoms with Crippen LogP contribution in [0, 0.1) is 23.7 Å². The lowest BCUT2D eigenvalue weighted by Crippen LogP contribution is -2.56. The summed E-state index contributed by atoms with van der Waals surface area (Å²) in [6.07, 6.45) is 2.67. The molecule has 49 heavy (non-hydrogen) atoms. The number of amides is 1. The SMILES string of the molecule is COCCCOc1cc(C[C@@H](C[C@H]2OC(C)(C)N(NC(=O)OC(C)(C)C)[C@H]2C[C@H](COCc2ccccc2)C(C)C)C(C)C)ccc1OC. The van der Waals surface area contributed by atoms with E-state index < -0.39 is 17.4 Å². The average Bonchev–Trinajstić information content (AvgIpc) is 3.25. The van der Waals surface area contributed by atoms with Crippen molar-refractivity contribution >= 4 is 6.09 Å². The van der Waals surface area contributed by atoms with E-state index >= 15 is 0 Å². The Balaban J connectivity index is 1.85. The van der Waals surface area contributed by atoms with Gasteiger partial charge in [-0.2, -0.15) is 5.01 Å². The number of benzene rings is 2. The fourth-order valence-electron chi connectivity index (χ4n) is 6.43. The molecule has 0 radical (unpaired) electrons. The first-order valence-corrected chi connectivity index (χ1v) is 18.0. The fourth-order valence-corrected chi connectivity index (χ4v) is 6.43. The Labute approximate surface area is 296 Å². The number of hydrogen-bond donors (Lipinski definition) is 1. The second-order valence-corrected chi connectivity index (χ2v) is 15.5. The van der Waals surface area contributed by atoms with Crippen LogP contribution in [0.15, 0.2) is 48.5 Å². The molecule has 0 aromatic heterocycles. The molecular formula is C40H64N2O7. The summed E-state index contributed by atoms with van der Waals surface area (Å²) >= 11 is 0. The lowest BCUT2D eigenvalue weighted by atomic mass is 9.81. The largest absolute Gasteiger partial charge is 0.493 e. The monoisotopic (exact) mass is 684 g/mol. The third kappa shape index (κ3) is 13.1. The molecular weight excluding hydrogens is 620 g/mol. The van der Waals surface area contributed by atoms with E-state index in [2.05, 4.69) is 57.4 Å². The Morgan fingerprint density at radius 2 is 1.61 bits per heavy atom. The standard InChI is InChI=1S/C40H64N2O7/c1-28(2)32(22-31-18-19-35(45-11)37(23-31)47-21-15-20-44-10)25-36-34(42(40(8,9)48-36)41-38(43)49-39(5,6)7)24-33(29(3)4)27-46-26-30-16-13-12-14-17-30/h12-14,16-19,23,28-29,32-34,36H,15,20-22,24-27H2,1-11H3,(H,41,43)/t32-,33+,34-,36+/m0/s1. The maximum Gasteiger partial charge on any atom is 0.422 e. The van der Waals surface area contributed by atoms with Crippen molar-refractivity contribution in [2.45, 2.75) is 118 Å². The first-order valence-electron chi connectivity index (χ1n) is 18.0. The van der Waals surface area contributed by atoms with Crippen molar-refractivity contribution in [2.75, 3.05) is 34.0 Å². The third-order valence-corrected chi connectivity index (χ3v) is 9.28. The molecule has 0 bridgehead atoms. The van der Waals surface area contributed by atoms with Gasteiger partial charge in [0.05, 0.1) is 39.1 Å². The topological polar surface area (TPSA) is 87.7 Å². The second-order valence-electron chi connectivity index (χ2n) is 15.5.